The molecule has 250 valence electrons. The van der Waals surface area contributed by atoms with Gasteiger partial charge >= 0.3 is 6.03 Å². The molecule has 3 amide bonds. The molecule has 7 rings (SSSR count). The fourth-order valence-corrected chi connectivity index (χ4v) is 8.45. The lowest BCUT2D eigenvalue weighted by Gasteiger charge is -2.44. The third-order valence-electron chi connectivity index (χ3n) is 11.0. The van der Waals surface area contributed by atoms with E-state index >= 15 is 0 Å². The van der Waals surface area contributed by atoms with Crippen molar-refractivity contribution in [2.75, 3.05) is 10.6 Å². The molecular weight excluding hydrogens is 594 g/mol. The van der Waals surface area contributed by atoms with Gasteiger partial charge in [0, 0.05) is 29.3 Å². The second-order valence-electron chi connectivity index (χ2n) is 15.5. The number of hydrogen-bond acceptors (Lipinski definition) is 3. The van der Waals surface area contributed by atoms with Gasteiger partial charge in [0.2, 0.25) is 5.91 Å². The summed E-state index contributed by atoms with van der Waals surface area (Å²) >= 11 is 0. The number of aromatic nitrogens is 2. The average Bonchev–Trinajstić information content (AvgIpc) is 3.80. The molecule has 1 aliphatic carbocycles. The van der Waals surface area contributed by atoms with Gasteiger partial charge in [0.15, 0.2) is 0 Å². The number of benzene rings is 3. The van der Waals surface area contributed by atoms with Gasteiger partial charge in [-0.15, -0.1) is 0 Å². The van der Waals surface area contributed by atoms with Gasteiger partial charge in [0.05, 0.1) is 16.8 Å². The number of hydrogen-bond donors (Lipinski definition) is 2. The molecule has 0 radical (unpaired) electrons. The van der Waals surface area contributed by atoms with Crippen LogP contribution in [-0.2, 0) is 22.0 Å². The maximum Gasteiger partial charge on any atom is 0.324 e. The number of piperidine rings is 1. The van der Waals surface area contributed by atoms with Crippen LogP contribution in [0.25, 0.3) is 5.69 Å². The van der Waals surface area contributed by atoms with Gasteiger partial charge in [-0.3, -0.25) is 10.1 Å². The predicted octanol–water partition coefficient (Wildman–Crippen LogP) is 8.95. The van der Waals surface area contributed by atoms with Crippen LogP contribution in [0.4, 0.5) is 16.3 Å². The fourth-order valence-electron chi connectivity index (χ4n) is 8.45. The number of amides is 3. The number of carbonyl (C=O) groups is 2. The van der Waals surface area contributed by atoms with Crippen LogP contribution < -0.4 is 10.6 Å². The van der Waals surface area contributed by atoms with Gasteiger partial charge < -0.3 is 10.2 Å². The summed E-state index contributed by atoms with van der Waals surface area (Å²) in [6, 6.07) is 29.3. The number of carbonyl (C=O) groups excluding carboxylic acids is 2. The average molecular weight is 644 g/mol. The molecule has 1 aromatic heterocycles. The van der Waals surface area contributed by atoms with Crippen LogP contribution in [0, 0.1) is 12.8 Å². The second kappa shape index (κ2) is 12.9. The Morgan fingerprint density at radius 1 is 0.854 bits per heavy atom. The third kappa shape index (κ3) is 6.39. The van der Waals surface area contributed by atoms with E-state index in [4.69, 9.17) is 5.10 Å². The van der Waals surface area contributed by atoms with Crippen molar-refractivity contribution in [3.05, 3.63) is 107 Å². The maximum atomic E-state index is 14.3. The highest BCUT2D eigenvalue weighted by molar-refractivity contribution is 5.99. The molecular formula is C41H49N5O2. The van der Waals surface area contributed by atoms with Crippen LogP contribution in [0.3, 0.4) is 0 Å². The molecule has 2 atom stereocenters. The largest absolute Gasteiger partial charge is 0.336 e. The topological polar surface area (TPSA) is 79.3 Å². The van der Waals surface area contributed by atoms with Gasteiger partial charge in [-0.25, -0.2) is 9.48 Å². The number of nitrogens with zero attached hydrogens (tertiary/aromatic N) is 3. The molecule has 3 aliphatic rings. The van der Waals surface area contributed by atoms with E-state index in [2.05, 4.69) is 85.7 Å². The lowest BCUT2D eigenvalue weighted by atomic mass is 9.76. The molecule has 3 heterocycles. The van der Waals surface area contributed by atoms with E-state index < -0.39 is 0 Å². The Bertz CT molecular complexity index is 1730. The van der Waals surface area contributed by atoms with Crippen LogP contribution in [0.5, 0.6) is 0 Å². The van der Waals surface area contributed by atoms with Crippen molar-refractivity contribution in [1.29, 1.82) is 0 Å². The maximum absolute atomic E-state index is 14.3. The molecule has 2 N–H and O–H groups in total. The van der Waals surface area contributed by atoms with Crippen LogP contribution in [-0.4, -0.2) is 38.7 Å². The Morgan fingerprint density at radius 2 is 1.50 bits per heavy atom. The summed E-state index contributed by atoms with van der Waals surface area (Å²) in [5, 5.41) is 10.9. The van der Waals surface area contributed by atoms with Crippen molar-refractivity contribution in [2.24, 2.45) is 5.92 Å². The molecule has 1 saturated carbocycles. The highest BCUT2D eigenvalue weighted by Crippen LogP contribution is 2.48. The van der Waals surface area contributed by atoms with Crippen molar-refractivity contribution in [1.82, 2.24) is 14.7 Å². The van der Waals surface area contributed by atoms with E-state index in [1.54, 1.807) is 4.68 Å². The third-order valence-corrected chi connectivity index (χ3v) is 11.0. The van der Waals surface area contributed by atoms with Gasteiger partial charge in [-0.2, -0.15) is 5.10 Å². The Kier molecular flexibility index (Phi) is 8.65. The summed E-state index contributed by atoms with van der Waals surface area (Å²) in [5.74, 6) is 1.58. The standard InChI is InChI=1S/C41H49N5O2/c1-28-12-18-33(19-13-28)46-37(27-36(44-46)40(2,3)4)43-39(48)42-32-16-14-29(15-17-32)24-30-25-34-20-21-35(26-30)45(34)38(47)41(22-8-9-23-41)31-10-6-5-7-11-31/h5-7,10-19,27,30,34-35H,8-9,20-26H2,1-4H3,(H2,42,43,48). The first-order chi connectivity index (χ1) is 23.1. The molecule has 2 unspecified atom stereocenters. The normalized spacial score (nSPS) is 21.7. The first-order valence-corrected chi connectivity index (χ1v) is 17.8. The first-order valence-electron chi connectivity index (χ1n) is 17.8. The lowest BCUT2D eigenvalue weighted by Crippen LogP contribution is -2.53. The molecule has 2 bridgehead atoms. The Labute approximate surface area is 285 Å². The van der Waals surface area contributed by atoms with Crippen LogP contribution in [0.15, 0.2) is 84.9 Å². The molecule has 3 fully saturated rings. The highest BCUT2D eigenvalue weighted by atomic mass is 16.2. The second-order valence-corrected chi connectivity index (χ2v) is 15.5. The molecule has 2 saturated heterocycles. The highest BCUT2D eigenvalue weighted by Gasteiger charge is 2.51. The minimum atomic E-state index is -0.334. The van der Waals surface area contributed by atoms with E-state index in [1.165, 1.54) is 16.7 Å². The molecule has 4 aromatic rings. The van der Waals surface area contributed by atoms with Gasteiger partial charge in [0.25, 0.3) is 0 Å². The number of urea groups is 1. The SMILES string of the molecule is Cc1ccc(-n2nc(C(C)(C)C)cc2NC(=O)Nc2ccc(CC3CC4CCC(C3)N4C(=O)C3(c4ccccc4)CCCC3)cc2)cc1. The predicted molar refractivity (Wildman–Crippen MR) is 193 cm³/mol. The molecule has 0 spiro atoms. The summed E-state index contributed by atoms with van der Waals surface area (Å²) < 4.78 is 1.80. The van der Waals surface area contributed by atoms with Gasteiger partial charge in [-0.05, 0) is 93.2 Å². The lowest BCUT2D eigenvalue weighted by molar-refractivity contribution is -0.142. The quantitative estimate of drug-likeness (QED) is 0.211. The Hall–Kier alpha value is -4.39. The number of fused-ring (bicyclic) bond motifs is 2. The van der Waals surface area contributed by atoms with Crippen molar-refractivity contribution in [2.45, 2.75) is 108 Å². The molecule has 48 heavy (non-hydrogen) atoms. The minimum absolute atomic E-state index is 0.162. The van der Waals surface area contributed by atoms with E-state index in [0.717, 1.165) is 74.9 Å². The summed E-state index contributed by atoms with van der Waals surface area (Å²) in [5.41, 5.74) is 5.70. The van der Waals surface area contributed by atoms with E-state index in [9.17, 15) is 9.59 Å². The summed E-state index contributed by atoms with van der Waals surface area (Å²) in [7, 11) is 0. The van der Waals surface area contributed by atoms with Crippen molar-refractivity contribution >= 4 is 23.4 Å². The van der Waals surface area contributed by atoms with E-state index in [0.29, 0.717) is 29.7 Å². The number of nitrogens with one attached hydrogen (secondary N) is 2. The molecule has 2 aliphatic heterocycles. The summed E-state index contributed by atoms with van der Waals surface area (Å²) in [6.07, 6.45) is 9.60. The summed E-state index contributed by atoms with van der Waals surface area (Å²) in [6.45, 7) is 8.40. The van der Waals surface area contributed by atoms with E-state index in [-0.39, 0.29) is 16.9 Å². The molecule has 3 aromatic carbocycles. The molecule has 7 heteroatoms. The van der Waals surface area contributed by atoms with Crippen molar-refractivity contribution in [3.8, 4) is 5.69 Å². The summed E-state index contributed by atoms with van der Waals surface area (Å²) in [4.78, 5) is 29.8. The number of aryl methyl sites for hydroxylation is 1. The monoisotopic (exact) mass is 643 g/mol. The molecule has 7 nitrogen and oxygen atoms in total. The van der Waals surface area contributed by atoms with Crippen molar-refractivity contribution in [3.63, 3.8) is 0 Å². The minimum Gasteiger partial charge on any atom is -0.336 e. The zero-order valence-corrected chi connectivity index (χ0v) is 28.8. The zero-order valence-electron chi connectivity index (χ0n) is 28.8. The van der Waals surface area contributed by atoms with Crippen LogP contribution in [0.2, 0.25) is 0 Å². The van der Waals surface area contributed by atoms with E-state index in [1.807, 2.05) is 42.5 Å². The number of anilines is 2. The first kappa shape index (κ1) is 32.2. The number of rotatable bonds is 7. The zero-order chi connectivity index (χ0) is 33.5. The fraction of sp³-hybridized carbons (Fsp3) is 0.439. The Balaban J connectivity index is 0.978. The van der Waals surface area contributed by atoms with Crippen molar-refractivity contribution < 1.29 is 9.59 Å². The Morgan fingerprint density at radius 3 is 2.12 bits per heavy atom. The van der Waals surface area contributed by atoms with Crippen LogP contribution in [0.1, 0.15) is 94.5 Å². The van der Waals surface area contributed by atoms with Gasteiger partial charge in [-0.1, -0.05) is 93.8 Å². The van der Waals surface area contributed by atoms with Gasteiger partial charge in [0.1, 0.15) is 5.82 Å². The van der Waals surface area contributed by atoms with Crippen LogP contribution >= 0.6 is 0 Å². The smallest absolute Gasteiger partial charge is 0.324 e.